The van der Waals surface area contributed by atoms with Crippen LogP contribution in [0, 0.1) is 26.9 Å². The van der Waals surface area contributed by atoms with Gasteiger partial charge >= 0.3 is 5.69 Å². The first-order valence-electron chi connectivity index (χ1n) is 4.59. The van der Waals surface area contributed by atoms with E-state index in [4.69, 9.17) is 28.0 Å². The summed E-state index contributed by atoms with van der Waals surface area (Å²) >= 11 is 8.82. The number of nitro groups is 1. The molecule has 0 fully saturated rings. The summed E-state index contributed by atoms with van der Waals surface area (Å²) in [5.74, 6) is -0.559. The van der Waals surface area contributed by atoms with E-state index in [2.05, 4.69) is 26.5 Å². The number of anilines is 1. The summed E-state index contributed by atoms with van der Waals surface area (Å²) < 4.78 is 0.327. The summed E-state index contributed by atoms with van der Waals surface area (Å²) in [6, 6.07) is 4.40. The van der Waals surface area contributed by atoms with Gasteiger partial charge in [0, 0.05) is 4.47 Å². The Balaban J connectivity index is 3.29. The highest BCUT2D eigenvalue weighted by Crippen LogP contribution is 2.38. The van der Waals surface area contributed by atoms with Crippen molar-refractivity contribution in [3.8, 4) is 6.07 Å². The van der Waals surface area contributed by atoms with Crippen LogP contribution < -0.4 is 11.2 Å². The van der Waals surface area contributed by atoms with Crippen molar-refractivity contribution in [2.24, 2.45) is 10.8 Å². The number of nitrogens with two attached hydrogens (primary N) is 1. The van der Waals surface area contributed by atoms with Crippen molar-refractivity contribution in [3.63, 3.8) is 0 Å². The number of hydrogen-bond acceptors (Lipinski definition) is 6. The standard InChI is InChI=1S/C9H6BrClN6O2/c10-4-1-2-5(11)8(17(18)19)7(4)16-15-6(3-12)9(13)14/h1-2,16H,(H3,13,14)/b15-6+. The van der Waals surface area contributed by atoms with Gasteiger partial charge in [-0.05, 0) is 28.1 Å². The fraction of sp³-hybridized carbons (Fsp3) is 0. The van der Waals surface area contributed by atoms with E-state index in [1.54, 1.807) is 6.07 Å². The number of nitrogens with zero attached hydrogens (tertiary/aromatic N) is 3. The molecule has 0 aromatic heterocycles. The molecule has 0 spiro atoms. The minimum atomic E-state index is -0.690. The van der Waals surface area contributed by atoms with Gasteiger partial charge in [0.25, 0.3) is 0 Å². The summed E-state index contributed by atoms with van der Waals surface area (Å²) in [5.41, 5.74) is 6.56. The molecule has 0 aliphatic rings. The Hall–Kier alpha value is -2.18. The molecule has 0 amide bonds. The van der Waals surface area contributed by atoms with Gasteiger partial charge in [0.2, 0.25) is 5.71 Å². The zero-order valence-corrected chi connectivity index (χ0v) is 11.5. The van der Waals surface area contributed by atoms with Crippen LogP contribution in [0.25, 0.3) is 0 Å². The Morgan fingerprint density at radius 1 is 1.68 bits per heavy atom. The molecule has 0 radical (unpaired) electrons. The molecule has 19 heavy (non-hydrogen) atoms. The smallest absolute Gasteiger partial charge is 0.313 e. The van der Waals surface area contributed by atoms with Gasteiger partial charge in [0.1, 0.15) is 16.8 Å². The van der Waals surface area contributed by atoms with Crippen molar-refractivity contribution >= 4 is 50.5 Å². The molecule has 0 unspecified atom stereocenters. The van der Waals surface area contributed by atoms with E-state index in [0.29, 0.717) is 4.47 Å². The van der Waals surface area contributed by atoms with Gasteiger partial charge < -0.3 is 5.73 Å². The summed E-state index contributed by atoms with van der Waals surface area (Å²) in [5, 5.41) is 30.1. The van der Waals surface area contributed by atoms with E-state index in [-0.39, 0.29) is 10.7 Å². The molecule has 98 valence electrons. The van der Waals surface area contributed by atoms with E-state index in [9.17, 15) is 10.1 Å². The van der Waals surface area contributed by atoms with Gasteiger partial charge in [0.15, 0.2) is 5.84 Å². The van der Waals surface area contributed by atoms with Gasteiger partial charge in [-0.1, -0.05) is 11.6 Å². The average molecular weight is 346 g/mol. The maximum absolute atomic E-state index is 10.9. The molecule has 0 aliphatic heterocycles. The van der Waals surface area contributed by atoms with Crippen molar-refractivity contribution in [2.45, 2.75) is 0 Å². The highest BCUT2D eigenvalue weighted by atomic mass is 79.9. The number of nitrogens with one attached hydrogen (secondary N) is 2. The molecule has 1 rings (SSSR count). The number of nitriles is 1. The topological polar surface area (TPSA) is 141 Å². The second-order valence-corrected chi connectivity index (χ2v) is 4.37. The summed E-state index contributed by atoms with van der Waals surface area (Å²) in [6.45, 7) is 0. The lowest BCUT2D eigenvalue weighted by Gasteiger charge is -2.06. The van der Waals surface area contributed by atoms with Crippen molar-refractivity contribution in [2.75, 3.05) is 5.43 Å². The van der Waals surface area contributed by atoms with E-state index in [0.717, 1.165) is 0 Å². The zero-order valence-electron chi connectivity index (χ0n) is 9.15. The SMILES string of the molecule is N#C/C(=N\Nc1c(Br)ccc(Cl)c1[N+](=O)[O-])C(=N)N. The Morgan fingerprint density at radius 2 is 2.32 bits per heavy atom. The number of amidine groups is 1. The summed E-state index contributed by atoms with van der Waals surface area (Å²) in [4.78, 5) is 10.2. The Labute approximate surface area is 120 Å². The Bertz CT molecular complexity index is 624. The van der Waals surface area contributed by atoms with Gasteiger partial charge in [-0.3, -0.25) is 20.9 Å². The molecule has 1 aromatic carbocycles. The maximum Gasteiger partial charge on any atom is 0.313 e. The minimum absolute atomic E-state index is 0.0356. The third-order valence-electron chi connectivity index (χ3n) is 1.90. The van der Waals surface area contributed by atoms with Crippen LogP contribution in [-0.4, -0.2) is 16.5 Å². The fourth-order valence-electron chi connectivity index (χ4n) is 1.08. The lowest BCUT2D eigenvalue weighted by atomic mass is 10.3. The van der Waals surface area contributed by atoms with Crippen molar-refractivity contribution < 1.29 is 4.92 Å². The third-order valence-corrected chi connectivity index (χ3v) is 2.87. The van der Waals surface area contributed by atoms with Crippen LogP contribution in [0.2, 0.25) is 5.02 Å². The predicted octanol–water partition coefficient (Wildman–Crippen LogP) is 2.24. The number of halogens is 2. The summed E-state index contributed by atoms with van der Waals surface area (Å²) in [6.07, 6.45) is 0. The van der Waals surface area contributed by atoms with Crippen LogP contribution in [0.4, 0.5) is 11.4 Å². The Morgan fingerprint density at radius 3 is 2.79 bits per heavy atom. The number of benzene rings is 1. The van der Waals surface area contributed by atoms with Gasteiger partial charge in [0.05, 0.1) is 4.92 Å². The monoisotopic (exact) mass is 344 g/mol. The van der Waals surface area contributed by atoms with Crippen LogP contribution in [0.15, 0.2) is 21.7 Å². The van der Waals surface area contributed by atoms with E-state index < -0.39 is 22.2 Å². The average Bonchev–Trinajstić information content (AvgIpc) is 2.33. The van der Waals surface area contributed by atoms with Gasteiger partial charge in [-0.15, -0.1) is 0 Å². The molecule has 0 saturated carbocycles. The highest BCUT2D eigenvalue weighted by Gasteiger charge is 2.21. The molecular weight excluding hydrogens is 339 g/mol. The van der Waals surface area contributed by atoms with Crippen LogP contribution in [-0.2, 0) is 0 Å². The van der Waals surface area contributed by atoms with Crippen LogP contribution in [0.5, 0.6) is 0 Å². The fourth-order valence-corrected chi connectivity index (χ4v) is 1.72. The van der Waals surface area contributed by atoms with Gasteiger partial charge in [-0.25, -0.2) is 0 Å². The molecule has 10 heteroatoms. The van der Waals surface area contributed by atoms with Crippen LogP contribution in [0.3, 0.4) is 0 Å². The molecule has 0 heterocycles. The minimum Gasteiger partial charge on any atom is -0.382 e. The number of hydrogen-bond donors (Lipinski definition) is 3. The first kappa shape index (κ1) is 14.9. The molecule has 0 saturated heterocycles. The largest absolute Gasteiger partial charge is 0.382 e. The number of rotatable bonds is 4. The first-order valence-corrected chi connectivity index (χ1v) is 5.76. The zero-order chi connectivity index (χ0) is 14.6. The molecule has 0 aliphatic carbocycles. The molecular formula is C9H6BrClN6O2. The third kappa shape index (κ3) is 3.40. The van der Waals surface area contributed by atoms with Crippen LogP contribution >= 0.6 is 27.5 Å². The molecule has 8 nitrogen and oxygen atoms in total. The molecule has 4 N–H and O–H groups in total. The maximum atomic E-state index is 10.9. The second kappa shape index (κ2) is 6.12. The lowest BCUT2D eigenvalue weighted by molar-refractivity contribution is -0.383. The van der Waals surface area contributed by atoms with Crippen molar-refractivity contribution in [1.29, 1.82) is 10.7 Å². The van der Waals surface area contributed by atoms with Crippen LogP contribution in [0.1, 0.15) is 0 Å². The van der Waals surface area contributed by atoms with E-state index >= 15 is 0 Å². The first-order chi connectivity index (χ1) is 8.88. The molecule has 1 aromatic rings. The molecule has 0 bridgehead atoms. The predicted molar refractivity (Wildman–Crippen MR) is 74.4 cm³/mol. The highest BCUT2D eigenvalue weighted by molar-refractivity contribution is 9.10. The Kier molecular flexibility index (Phi) is 4.80. The summed E-state index contributed by atoms with van der Waals surface area (Å²) in [7, 11) is 0. The van der Waals surface area contributed by atoms with Gasteiger partial charge in [-0.2, -0.15) is 10.4 Å². The van der Waals surface area contributed by atoms with Crippen molar-refractivity contribution in [1.82, 2.24) is 0 Å². The lowest BCUT2D eigenvalue weighted by Crippen LogP contribution is -2.22. The molecule has 0 atom stereocenters. The quantitative estimate of drug-likeness (QED) is 0.332. The normalized spacial score (nSPS) is 10.7. The number of hydrazone groups is 1. The number of nitro benzene ring substituents is 1. The second-order valence-electron chi connectivity index (χ2n) is 3.11. The van der Waals surface area contributed by atoms with E-state index in [1.165, 1.54) is 12.1 Å². The van der Waals surface area contributed by atoms with Crippen molar-refractivity contribution in [3.05, 3.63) is 31.7 Å². The van der Waals surface area contributed by atoms with E-state index in [1.807, 2.05) is 0 Å².